The van der Waals surface area contributed by atoms with Crippen LogP contribution in [0.1, 0.15) is 35.8 Å². The highest BCUT2D eigenvalue weighted by atomic mass is 16.5. The summed E-state index contributed by atoms with van der Waals surface area (Å²) in [5.41, 5.74) is 2.42. The van der Waals surface area contributed by atoms with E-state index < -0.39 is 0 Å². The molecule has 0 aromatic carbocycles. The highest BCUT2D eigenvalue weighted by molar-refractivity contribution is 5.23. The predicted octanol–water partition coefficient (Wildman–Crippen LogP) is 1.76. The molecular weight excluding hydrogens is 164 g/mol. The topological polar surface area (TPSA) is 38.1 Å². The van der Waals surface area contributed by atoms with Crippen LogP contribution in [0.25, 0.3) is 0 Å². The van der Waals surface area contributed by atoms with Crippen molar-refractivity contribution in [3.8, 4) is 0 Å². The van der Waals surface area contributed by atoms with Crippen LogP contribution in [-0.2, 0) is 0 Å². The number of piperidine rings is 1. The van der Waals surface area contributed by atoms with Crippen molar-refractivity contribution >= 4 is 0 Å². The van der Waals surface area contributed by atoms with Crippen molar-refractivity contribution in [2.24, 2.45) is 0 Å². The molecule has 1 saturated heterocycles. The van der Waals surface area contributed by atoms with E-state index in [-0.39, 0.29) is 0 Å². The van der Waals surface area contributed by atoms with Crippen LogP contribution in [0.15, 0.2) is 4.52 Å². The van der Waals surface area contributed by atoms with Crippen LogP contribution in [0, 0.1) is 13.8 Å². The van der Waals surface area contributed by atoms with Crippen molar-refractivity contribution in [1.82, 2.24) is 10.5 Å². The summed E-state index contributed by atoms with van der Waals surface area (Å²) in [6.07, 6.45) is 2.37. The monoisotopic (exact) mass is 180 g/mol. The molecule has 0 unspecified atom stereocenters. The number of hydrogen-bond acceptors (Lipinski definition) is 3. The van der Waals surface area contributed by atoms with Gasteiger partial charge in [0.15, 0.2) is 0 Å². The van der Waals surface area contributed by atoms with E-state index in [1.54, 1.807) is 0 Å². The lowest BCUT2D eigenvalue weighted by Crippen LogP contribution is -2.27. The summed E-state index contributed by atoms with van der Waals surface area (Å²) in [5.74, 6) is 1.58. The molecular formula is C10H16N2O. The number of hydrogen-bond donors (Lipinski definition) is 1. The van der Waals surface area contributed by atoms with Gasteiger partial charge in [-0.15, -0.1) is 0 Å². The Kier molecular flexibility index (Phi) is 2.36. The number of rotatable bonds is 1. The second kappa shape index (κ2) is 3.50. The van der Waals surface area contributed by atoms with Gasteiger partial charge in [0, 0.05) is 11.5 Å². The Hall–Kier alpha value is -0.830. The van der Waals surface area contributed by atoms with E-state index in [4.69, 9.17) is 4.52 Å². The first-order valence-electron chi connectivity index (χ1n) is 4.92. The van der Waals surface area contributed by atoms with Crippen molar-refractivity contribution in [2.45, 2.75) is 32.6 Å². The number of nitrogens with one attached hydrogen (secondary N) is 1. The normalized spacial score (nSPS) is 19.2. The summed E-state index contributed by atoms with van der Waals surface area (Å²) in [6.45, 7) is 6.29. The summed E-state index contributed by atoms with van der Waals surface area (Å²) in [6, 6.07) is 0. The first kappa shape index (κ1) is 8.75. The molecule has 0 radical (unpaired) electrons. The molecule has 0 saturated carbocycles. The van der Waals surface area contributed by atoms with Gasteiger partial charge in [-0.3, -0.25) is 0 Å². The third-order valence-corrected chi connectivity index (χ3v) is 2.92. The van der Waals surface area contributed by atoms with Gasteiger partial charge in [-0.05, 0) is 39.8 Å². The maximum atomic E-state index is 5.18. The van der Waals surface area contributed by atoms with Gasteiger partial charge in [-0.2, -0.15) is 0 Å². The fourth-order valence-corrected chi connectivity index (χ4v) is 1.91. The minimum absolute atomic E-state index is 0.610. The Morgan fingerprint density at radius 1 is 1.31 bits per heavy atom. The molecule has 2 heterocycles. The Balaban J connectivity index is 2.18. The second-order valence-corrected chi connectivity index (χ2v) is 3.77. The minimum Gasteiger partial charge on any atom is -0.361 e. The van der Waals surface area contributed by atoms with E-state index in [0.29, 0.717) is 5.92 Å². The van der Waals surface area contributed by atoms with Crippen molar-refractivity contribution in [1.29, 1.82) is 0 Å². The SMILES string of the molecule is Cc1onc(C2CCNCC2)c1C. The predicted molar refractivity (Wildman–Crippen MR) is 50.8 cm³/mol. The first-order valence-corrected chi connectivity index (χ1v) is 4.92. The fourth-order valence-electron chi connectivity index (χ4n) is 1.91. The highest BCUT2D eigenvalue weighted by Crippen LogP contribution is 2.27. The maximum Gasteiger partial charge on any atom is 0.136 e. The Morgan fingerprint density at radius 3 is 2.54 bits per heavy atom. The summed E-state index contributed by atoms with van der Waals surface area (Å²) in [5, 5.41) is 7.49. The Morgan fingerprint density at radius 2 is 2.00 bits per heavy atom. The van der Waals surface area contributed by atoms with E-state index in [9.17, 15) is 0 Å². The first-order chi connectivity index (χ1) is 6.29. The van der Waals surface area contributed by atoms with Crippen LogP contribution >= 0.6 is 0 Å². The average molecular weight is 180 g/mol. The second-order valence-electron chi connectivity index (χ2n) is 3.77. The van der Waals surface area contributed by atoms with E-state index in [1.807, 2.05) is 6.92 Å². The highest BCUT2D eigenvalue weighted by Gasteiger charge is 2.21. The summed E-state index contributed by atoms with van der Waals surface area (Å²) < 4.78 is 5.18. The Labute approximate surface area is 78.5 Å². The van der Waals surface area contributed by atoms with E-state index >= 15 is 0 Å². The number of aryl methyl sites for hydroxylation is 1. The van der Waals surface area contributed by atoms with Gasteiger partial charge in [0.05, 0.1) is 5.69 Å². The maximum absolute atomic E-state index is 5.18. The third-order valence-electron chi connectivity index (χ3n) is 2.92. The lowest BCUT2D eigenvalue weighted by Gasteiger charge is -2.20. The lowest BCUT2D eigenvalue weighted by atomic mass is 9.92. The molecule has 1 aromatic heterocycles. The molecule has 2 rings (SSSR count). The standard InChI is InChI=1S/C10H16N2O/c1-7-8(2)13-12-10(7)9-3-5-11-6-4-9/h9,11H,3-6H2,1-2H3. The van der Waals surface area contributed by atoms with E-state index in [2.05, 4.69) is 17.4 Å². The van der Waals surface area contributed by atoms with Gasteiger partial charge in [-0.25, -0.2) is 0 Å². The van der Waals surface area contributed by atoms with Crippen molar-refractivity contribution < 1.29 is 4.52 Å². The quantitative estimate of drug-likeness (QED) is 0.715. The molecule has 72 valence electrons. The van der Waals surface area contributed by atoms with Crippen LogP contribution in [0.4, 0.5) is 0 Å². The largest absolute Gasteiger partial charge is 0.361 e. The van der Waals surface area contributed by atoms with Crippen LogP contribution in [0.5, 0.6) is 0 Å². The van der Waals surface area contributed by atoms with Crippen molar-refractivity contribution in [3.05, 3.63) is 17.0 Å². The molecule has 3 heteroatoms. The molecule has 0 spiro atoms. The van der Waals surface area contributed by atoms with E-state index in [1.165, 1.54) is 24.1 Å². The van der Waals surface area contributed by atoms with Gasteiger partial charge in [0.25, 0.3) is 0 Å². The van der Waals surface area contributed by atoms with E-state index in [0.717, 1.165) is 18.8 Å². The van der Waals surface area contributed by atoms with Crippen LogP contribution in [-0.4, -0.2) is 18.2 Å². The van der Waals surface area contributed by atoms with Gasteiger partial charge in [-0.1, -0.05) is 5.16 Å². The fraction of sp³-hybridized carbons (Fsp3) is 0.700. The molecule has 0 amide bonds. The van der Waals surface area contributed by atoms with Crippen LogP contribution in [0.3, 0.4) is 0 Å². The van der Waals surface area contributed by atoms with Gasteiger partial charge in [0.1, 0.15) is 5.76 Å². The van der Waals surface area contributed by atoms with Crippen LogP contribution in [0.2, 0.25) is 0 Å². The molecule has 1 fully saturated rings. The molecule has 1 aliphatic rings. The minimum atomic E-state index is 0.610. The lowest BCUT2D eigenvalue weighted by molar-refractivity contribution is 0.371. The number of aromatic nitrogens is 1. The molecule has 13 heavy (non-hydrogen) atoms. The van der Waals surface area contributed by atoms with Gasteiger partial charge in [0.2, 0.25) is 0 Å². The molecule has 1 aliphatic heterocycles. The Bertz CT molecular complexity index is 287. The molecule has 0 aliphatic carbocycles. The zero-order valence-corrected chi connectivity index (χ0v) is 8.26. The average Bonchev–Trinajstić information content (AvgIpc) is 2.49. The van der Waals surface area contributed by atoms with Crippen molar-refractivity contribution in [2.75, 3.05) is 13.1 Å². The molecule has 0 atom stereocenters. The zero-order valence-electron chi connectivity index (χ0n) is 8.26. The third kappa shape index (κ3) is 1.61. The zero-order chi connectivity index (χ0) is 9.26. The molecule has 1 N–H and O–H groups in total. The van der Waals surface area contributed by atoms with Crippen molar-refractivity contribution in [3.63, 3.8) is 0 Å². The smallest absolute Gasteiger partial charge is 0.136 e. The summed E-state index contributed by atoms with van der Waals surface area (Å²) in [4.78, 5) is 0. The summed E-state index contributed by atoms with van der Waals surface area (Å²) in [7, 11) is 0. The van der Waals surface area contributed by atoms with Gasteiger partial charge < -0.3 is 9.84 Å². The van der Waals surface area contributed by atoms with Gasteiger partial charge >= 0.3 is 0 Å². The molecule has 0 bridgehead atoms. The number of nitrogens with zero attached hydrogens (tertiary/aromatic N) is 1. The summed E-state index contributed by atoms with van der Waals surface area (Å²) >= 11 is 0. The van der Waals surface area contributed by atoms with Crippen LogP contribution < -0.4 is 5.32 Å². The molecule has 3 nitrogen and oxygen atoms in total. The molecule has 1 aromatic rings.